The van der Waals surface area contributed by atoms with E-state index in [1.165, 1.54) is 23.1 Å². The van der Waals surface area contributed by atoms with Gasteiger partial charge in [-0.3, -0.25) is 0 Å². The van der Waals surface area contributed by atoms with E-state index in [0.29, 0.717) is 3.83 Å². The maximum Gasteiger partial charge on any atom is 0.211 e. The van der Waals surface area contributed by atoms with Gasteiger partial charge in [-0.05, 0) is 28.1 Å². The number of aromatic nitrogens is 3. The first-order valence-corrected chi connectivity index (χ1v) is 6.12. The van der Waals surface area contributed by atoms with Crippen molar-refractivity contribution in [3.63, 3.8) is 0 Å². The Morgan fingerprint density at radius 3 is 2.75 bits per heavy atom. The molecule has 3 nitrogen and oxygen atoms in total. The minimum atomic E-state index is -0.606. The van der Waals surface area contributed by atoms with E-state index in [0.717, 1.165) is 0 Å². The second-order valence-electron chi connectivity index (χ2n) is 3.03. The van der Waals surface area contributed by atoms with Gasteiger partial charge >= 0.3 is 0 Å². The third-order valence-electron chi connectivity index (χ3n) is 1.97. The Labute approximate surface area is 112 Å². The van der Waals surface area contributed by atoms with Gasteiger partial charge in [0.05, 0.1) is 11.0 Å². The van der Waals surface area contributed by atoms with Crippen molar-refractivity contribution in [2.75, 3.05) is 0 Å². The second kappa shape index (κ2) is 4.74. The molecule has 0 radical (unpaired) electrons. The van der Waals surface area contributed by atoms with E-state index in [9.17, 15) is 8.78 Å². The zero-order valence-corrected chi connectivity index (χ0v) is 11.5. The van der Waals surface area contributed by atoms with E-state index in [-0.39, 0.29) is 16.6 Å². The Hall–Kier alpha value is -0.570. The lowest BCUT2D eigenvalue weighted by molar-refractivity contribution is 0.528. The first-order valence-electron chi connectivity index (χ1n) is 4.25. The Morgan fingerprint density at radius 2 is 2.12 bits per heavy atom. The summed E-state index contributed by atoms with van der Waals surface area (Å²) in [6.45, 7) is 0.0209. The topological polar surface area (TPSA) is 30.7 Å². The zero-order chi connectivity index (χ0) is 11.7. The van der Waals surface area contributed by atoms with Crippen molar-refractivity contribution in [2.24, 2.45) is 0 Å². The third kappa shape index (κ3) is 2.40. The maximum atomic E-state index is 13.6. The predicted molar refractivity (Wildman–Crippen MR) is 65.9 cm³/mol. The van der Waals surface area contributed by atoms with Crippen molar-refractivity contribution in [2.45, 2.75) is 6.54 Å². The molecule has 0 aliphatic heterocycles. The highest BCUT2D eigenvalue weighted by molar-refractivity contribution is 14.1. The summed E-state index contributed by atoms with van der Waals surface area (Å²) in [7, 11) is 0. The van der Waals surface area contributed by atoms with Gasteiger partial charge in [0.25, 0.3) is 0 Å². The minimum absolute atomic E-state index is 0.0209. The van der Waals surface area contributed by atoms with Crippen LogP contribution in [0.4, 0.5) is 8.78 Å². The molecule has 0 N–H and O–H groups in total. The highest BCUT2D eigenvalue weighted by atomic mass is 127. The first-order chi connectivity index (χ1) is 7.58. The fourth-order valence-electron chi connectivity index (χ4n) is 1.22. The van der Waals surface area contributed by atoms with Crippen LogP contribution in [0.2, 0.25) is 0 Å². The van der Waals surface area contributed by atoms with Crippen LogP contribution < -0.4 is 0 Å². The lowest BCUT2D eigenvalue weighted by Crippen LogP contribution is -2.06. The average Bonchev–Trinajstić information content (AvgIpc) is 2.65. The minimum Gasteiger partial charge on any atom is -0.247 e. The summed E-state index contributed by atoms with van der Waals surface area (Å²) in [4.78, 5) is 3.88. The van der Waals surface area contributed by atoms with Crippen molar-refractivity contribution < 1.29 is 8.78 Å². The number of halogens is 4. The average molecular weight is 400 g/mol. The quantitative estimate of drug-likeness (QED) is 0.574. The van der Waals surface area contributed by atoms with Gasteiger partial charge in [0.2, 0.25) is 3.83 Å². The van der Waals surface area contributed by atoms with Crippen molar-refractivity contribution in [1.29, 1.82) is 0 Å². The molecule has 1 aromatic heterocycles. The van der Waals surface area contributed by atoms with E-state index >= 15 is 0 Å². The molecule has 0 unspecified atom stereocenters. The van der Waals surface area contributed by atoms with Gasteiger partial charge in [-0.1, -0.05) is 0 Å². The van der Waals surface area contributed by atoms with Crippen molar-refractivity contribution in [1.82, 2.24) is 14.8 Å². The van der Waals surface area contributed by atoms with Crippen molar-refractivity contribution in [3.05, 3.63) is 44.0 Å². The normalized spacial score (nSPS) is 10.8. The smallest absolute Gasteiger partial charge is 0.211 e. The van der Waals surface area contributed by atoms with E-state index in [1.54, 1.807) is 0 Å². The Bertz CT molecular complexity index is 529. The number of rotatable bonds is 2. The molecule has 0 saturated heterocycles. The monoisotopic (exact) mass is 399 g/mol. The van der Waals surface area contributed by atoms with Gasteiger partial charge in [-0.25, -0.2) is 18.4 Å². The highest BCUT2D eigenvalue weighted by Crippen LogP contribution is 2.22. The standard InChI is InChI=1S/C9H5BrF2IN3/c10-6-1-2-7(11)5(8(6)12)3-16-4-14-9(13)15-16/h1-2,4H,3H2. The molecule has 16 heavy (non-hydrogen) atoms. The Balaban J connectivity index is 2.37. The molecule has 84 valence electrons. The lowest BCUT2D eigenvalue weighted by atomic mass is 10.2. The van der Waals surface area contributed by atoms with E-state index in [2.05, 4.69) is 26.0 Å². The summed E-state index contributed by atoms with van der Waals surface area (Å²) in [5.74, 6) is -1.20. The highest BCUT2D eigenvalue weighted by Gasteiger charge is 2.13. The van der Waals surface area contributed by atoms with Crippen LogP contribution in [0.25, 0.3) is 0 Å². The molecule has 1 aromatic carbocycles. The molecule has 0 saturated carbocycles. The van der Waals surface area contributed by atoms with Crippen LogP contribution in [-0.4, -0.2) is 14.8 Å². The molecular formula is C9H5BrF2IN3. The number of benzene rings is 1. The number of hydrogen-bond donors (Lipinski definition) is 0. The molecule has 0 bridgehead atoms. The van der Waals surface area contributed by atoms with Crippen LogP contribution in [0.3, 0.4) is 0 Å². The summed E-state index contributed by atoms with van der Waals surface area (Å²) in [5, 5.41) is 3.96. The molecule has 7 heteroatoms. The summed E-state index contributed by atoms with van der Waals surface area (Å²) in [6.07, 6.45) is 1.43. The van der Waals surface area contributed by atoms with E-state index in [4.69, 9.17) is 0 Å². The van der Waals surface area contributed by atoms with Gasteiger partial charge in [0.15, 0.2) is 0 Å². The fraction of sp³-hybridized carbons (Fsp3) is 0.111. The molecule has 2 aromatic rings. The van der Waals surface area contributed by atoms with Gasteiger partial charge in [0.1, 0.15) is 18.0 Å². The molecular weight excluding hydrogens is 395 g/mol. The molecule has 0 fully saturated rings. The third-order valence-corrected chi connectivity index (χ3v) is 3.07. The first kappa shape index (κ1) is 11.9. The number of hydrogen-bond acceptors (Lipinski definition) is 2. The van der Waals surface area contributed by atoms with Crippen LogP contribution in [0.5, 0.6) is 0 Å². The fourth-order valence-corrected chi connectivity index (χ4v) is 2.00. The molecule has 2 rings (SSSR count). The molecule has 0 spiro atoms. The zero-order valence-electron chi connectivity index (χ0n) is 7.79. The lowest BCUT2D eigenvalue weighted by Gasteiger charge is -2.05. The second-order valence-corrected chi connectivity index (χ2v) is 4.85. The molecule has 1 heterocycles. The molecule has 0 aliphatic carbocycles. The van der Waals surface area contributed by atoms with Gasteiger partial charge in [-0.2, -0.15) is 0 Å². The van der Waals surface area contributed by atoms with Crippen LogP contribution in [-0.2, 0) is 6.54 Å². The van der Waals surface area contributed by atoms with Gasteiger partial charge < -0.3 is 0 Å². The van der Waals surface area contributed by atoms with Crippen LogP contribution in [0.1, 0.15) is 5.56 Å². The van der Waals surface area contributed by atoms with Gasteiger partial charge in [-0.15, -0.1) is 5.10 Å². The largest absolute Gasteiger partial charge is 0.247 e. The van der Waals surface area contributed by atoms with Crippen LogP contribution in [0, 0.1) is 15.5 Å². The summed E-state index contributed by atoms with van der Waals surface area (Å²) < 4.78 is 29.2. The van der Waals surface area contributed by atoms with Crippen molar-refractivity contribution >= 4 is 38.5 Å². The Kier molecular flexibility index (Phi) is 3.53. The number of nitrogens with zero attached hydrogens (tertiary/aromatic N) is 3. The van der Waals surface area contributed by atoms with Crippen molar-refractivity contribution in [3.8, 4) is 0 Å². The summed E-state index contributed by atoms with van der Waals surface area (Å²) >= 11 is 4.94. The van der Waals surface area contributed by atoms with Crippen LogP contribution >= 0.6 is 38.5 Å². The maximum absolute atomic E-state index is 13.6. The molecule has 0 amide bonds. The van der Waals surface area contributed by atoms with E-state index in [1.807, 2.05) is 22.6 Å². The van der Waals surface area contributed by atoms with Crippen LogP contribution in [0.15, 0.2) is 22.9 Å². The SMILES string of the molecule is Fc1ccc(Br)c(F)c1Cn1cnc(I)n1. The molecule has 0 aliphatic rings. The molecule has 0 atom stereocenters. The van der Waals surface area contributed by atoms with E-state index < -0.39 is 11.6 Å². The predicted octanol–water partition coefficient (Wildman–Crippen LogP) is 2.97. The van der Waals surface area contributed by atoms with Gasteiger partial charge in [0, 0.05) is 28.2 Å². The summed E-state index contributed by atoms with van der Waals surface area (Å²) in [6, 6.07) is 2.55. The summed E-state index contributed by atoms with van der Waals surface area (Å²) in [5.41, 5.74) is -0.0318. The Morgan fingerprint density at radius 1 is 1.38 bits per heavy atom.